The monoisotopic (exact) mass is 242 g/mol. The lowest BCUT2D eigenvalue weighted by Crippen LogP contribution is -1.97. The molecule has 1 saturated heterocycles. The number of benzene rings is 1. The zero-order chi connectivity index (χ0) is 12.5. The summed E-state index contributed by atoms with van der Waals surface area (Å²) < 4.78 is 5.15. The van der Waals surface area contributed by atoms with Crippen LogP contribution in [-0.2, 0) is 4.74 Å². The first kappa shape index (κ1) is 10.9. The van der Waals surface area contributed by atoms with E-state index < -0.39 is 4.92 Å². The summed E-state index contributed by atoms with van der Waals surface area (Å²) in [7, 11) is 0. The summed E-state index contributed by atoms with van der Waals surface area (Å²) in [5, 5.41) is 11.0. The number of aromatic nitrogens is 1. The predicted octanol–water partition coefficient (Wildman–Crippen LogP) is 2.73. The van der Waals surface area contributed by atoms with Crippen molar-refractivity contribution in [3.05, 3.63) is 58.3 Å². The fourth-order valence-corrected chi connectivity index (χ4v) is 1.82. The van der Waals surface area contributed by atoms with Gasteiger partial charge in [0.15, 0.2) is 0 Å². The minimum absolute atomic E-state index is 0.00623. The highest BCUT2D eigenvalue weighted by Crippen LogP contribution is 2.33. The number of hydrogen-bond donors (Lipinski definition) is 0. The van der Waals surface area contributed by atoms with Gasteiger partial charge in [-0.05, 0) is 6.07 Å². The van der Waals surface area contributed by atoms with Crippen LogP contribution in [0, 0.1) is 10.1 Å². The normalized spacial score (nSPS) is 17.4. The van der Waals surface area contributed by atoms with E-state index in [-0.39, 0.29) is 11.8 Å². The molecule has 0 amide bonds. The molecule has 2 aromatic rings. The molecule has 1 aliphatic rings. The third-order valence-electron chi connectivity index (χ3n) is 2.80. The van der Waals surface area contributed by atoms with Gasteiger partial charge in [-0.3, -0.25) is 10.1 Å². The van der Waals surface area contributed by atoms with E-state index in [1.165, 1.54) is 6.07 Å². The van der Waals surface area contributed by atoms with Crippen molar-refractivity contribution in [3.8, 4) is 11.3 Å². The molecular formula is C13H10N2O3. The van der Waals surface area contributed by atoms with Crippen molar-refractivity contribution >= 4 is 5.69 Å². The Morgan fingerprint density at radius 1 is 1.22 bits per heavy atom. The van der Waals surface area contributed by atoms with Gasteiger partial charge >= 0.3 is 0 Å². The summed E-state index contributed by atoms with van der Waals surface area (Å²) in [6, 6.07) is 12.3. The maximum atomic E-state index is 11.0. The second-order valence-electron chi connectivity index (χ2n) is 4.05. The highest BCUT2D eigenvalue weighted by molar-refractivity contribution is 5.69. The number of epoxide rings is 1. The topological polar surface area (TPSA) is 68.6 Å². The molecule has 0 saturated carbocycles. The van der Waals surface area contributed by atoms with Gasteiger partial charge in [0.25, 0.3) is 5.69 Å². The summed E-state index contributed by atoms with van der Waals surface area (Å²) >= 11 is 0. The van der Waals surface area contributed by atoms with E-state index in [1.54, 1.807) is 6.07 Å². The highest BCUT2D eigenvalue weighted by atomic mass is 16.6. The maximum absolute atomic E-state index is 11.0. The Morgan fingerprint density at radius 3 is 2.56 bits per heavy atom. The molecule has 2 heterocycles. The first-order valence-corrected chi connectivity index (χ1v) is 5.58. The smallest absolute Gasteiger partial charge is 0.295 e. The summed E-state index contributed by atoms with van der Waals surface area (Å²) in [6.45, 7) is 0.638. The van der Waals surface area contributed by atoms with Crippen molar-refractivity contribution in [2.45, 2.75) is 6.10 Å². The Kier molecular flexibility index (Phi) is 2.53. The Labute approximate surface area is 103 Å². The van der Waals surface area contributed by atoms with Crippen LogP contribution in [0.4, 0.5) is 5.69 Å². The van der Waals surface area contributed by atoms with Crippen LogP contribution in [0.2, 0.25) is 0 Å². The molecule has 0 aliphatic carbocycles. The number of nitrogens with zero attached hydrogens (tertiary/aromatic N) is 2. The maximum Gasteiger partial charge on any atom is 0.295 e. The Balaban J connectivity index is 2.14. The molecule has 1 aromatic heterocycles. The number of nitro groups is 1. The van der Waals surface area contributed by atoms with Gasteiger partial charge in [0.05, 0.1) is 17.2 Å². The Morgan fingerprint density at radius 2 is 1.94 bits per heavy atom. The highest BCUT2D eigenvalue weighted by Gasteiger charge is 2.28. The van der Waals surface area contributed by atoms with Crippen LogP contribution in [-0.4, -0.2) is 16.5 Å². The van der Waals surface area contributed by atoms with Gasteiger partial charge in [-0.25, -0.2) is 4.98 Å². The molecule has 18 heavy (non-hydrogen) atoms. The second kappa shape index (κ2) is 4.19. The molecule has 1 aliphatic heterocycles. The van der Waals surface area contributed by atoms with Crippen LogP contribution in [0.3, 0.4) is 0 Å². The van der Waals surface area contributed by atoms with E-state index in [4.69, 9.17) is 4.74 Å². The minimum Gasteiger partial charge on any atom is -0.366 e. The van der Waals surface area contributed by atoms with Gasteiger partial charge in [0.1, 0.15) is 11.8 Å². The van der Waals surface area contributed by atoms with E-state index in [1.807, 2.05) is 30.3 Å². The third kappa shape index (κ3) is 1.96. The van der Waals surface area contributed by atoms with Gasteiger partial charge in [-0.15, -0.1) is 0 Å². The van der Waals surface area contributed by atoms with Crippen molar-refractivity contribution < 1.29 is 9.66 Å². The van der Waals surface area contributed by atoms with Crippen LogP contribution in [0.5, 0.6) is 0 Å². The second-order valence-corrected chi connectivity index (χ2v) is 4.05. The van der Waals surface area contributed by atoms with Crippen molar-refractivity contribution in [2.75, 3.05) is 6.61 Å². The van der Waals surface area contributed by atoms with Crippen molar-refractivity contribution in [2.24, 2.45) is 0 Å². The van der Waals surface area contributed by atoms with Crippen molar-refractivity contribution in [3.63, 3.8) is 0 Å². The molecular weight excluding hydrogens is 232 g/mol. The van der Waals surface area contributed by atoms with Gasteiger partial charge in [-0.1, -0.05) is 30.3 Å². The van der Waals surface area contributed by atoms with Crippen molar-refractivity contribution in [1.29, 1.82) is 0 Å². The zero-order valence-corrected chi connectivity index (χ0v) is 9.45. The van der Waals surface area contributed by atoms with E-state index in [9.17, 15) is 10.1 Å². The largest absolute Gasteiger partial charge is 0.366 e. The molecule has 0 N–H and O–H groups in total. The van der Waals surface area contributed by atoms with Crippen LogP contribution in [0.15, 0.2) is 42.5 Å². The lowest BCUT2D eigenvalue weighted by Gasteiger charge is -2.04. The van der Waals surface area contributed by atoms with E-state index in [0.717, 1.165) is 11.3 Å². The Bertz CT molecular complexity index is 594. The van der Waals surface area contributed by atoms with Gasteiger partial charge in [0, 0.05) is 11.6 Å². The summed E-state index contributed by atoms with van der Waals surface area (Å²) in [4.78, 5) is 15.0. The lowest BCUT2D eigenvalue weighted by molar-refractivity contribution is -0.384. The molecule has 90 valence electrons. The first-order chi connectivity index (χ1) is 8.75. The SMILES string of the molecule is O=[N+]([O-])c1ccc(C2CO2)nc1-c1ccccc1. The average molecular weight is 242 g/mol. The number of ether oxygens (including phenoxy) is 1. The molecule has 1 aromatic carbocycles. The fraction of sp³-hybridized carbons (Fsp3) is 0.154. The van der Waals surface area contributed by atoms with Gasteiger partial charge in [0.2, 0.25) is 0 Å². The fourth-order valence-electron chi connectivity index (χ4n) is 1.82. The van der Waals surface area contributed by atoms with Crippen LogP contribution in [0.1, 0.15) is 11.8 Å². The number of rotatable bonds is 3. The van der Waals surface area contributed by atoms with Crippen LogP contribution < -0.4 is 0 Å². The minimum atomic E-state index is -0.410. The van der Waals surface area contributed by atoms with E-state index in [2.05, 4.69) is 4.98 Å². The summed E-state index contributed by atoms with van der Waals surface area (Å²) in [5.41, 5.74) is 1.91. The first-order valence-electron chi connectivity index (χ1n) is 5.58. The molecule has 1 fully saturated rings. The Hall–Kier alpha value is -2.27. The van der Waals surface area contributed by atoms with Crippen LogP contribution in [0.25, 0.3) is 11.3 Å². The molecule has 1 unspecified atom stereocenters. The molecule has 3 rings (SSSR count). The zero-order valence-electron chi connectivity index (χ0n) is 9.45. The lowest BCUT2D eigenvalue weighted by atomic mass is 10.1. The molecule has 0 spiro atoms. The summed E-state index contributed by atoms with van der Waals surface area (Å²) in [5.74, 6) is 0. The number of hydrogen-bond acceptors (Lipinski definition) is 4. The molecule has 5 heteroatoms. The standard InChI is InChI=1S/C13H10N2O3/c16-15(17)11-7-6-10(12-8-18-12)14-13(11)9-4-2-1-3-5-9/h1-7,12H,8H2. The molecule has 5 nitrogen and oxygen atoms in total. The summed E-state index contributed by atoms with van der Waals surface area (Å²) in [6.07, 6.45) is -0.00623. The average Bonchev–Trinajstić information content (AvgIpc) is 3.23. The molecule has 1 atom stereocenters. The predicted molar refractivity (Wildman–Crippen MR) is 65.0 cm³/mol. The van der Waals surface area contributed by atoms with Crippen molar-refractivity contribution in [1.82, 2.24) is 4.98 Å². The van der Waals surface area contributed by atoms with E-state index in [0.29, 0.717) is 12.3 Å². The van der Waals surface area contributed by atoms with E-state index >= 15 is 0 Å². The van der Waals surface area contributed by atoms with Crippen LogP contribution >= 0.6 is 0 Å². The molecule has 0 radical (unpaired) electrons. The molecule has 0 bridgehead atoms. The number of pyridine rings is 1. The third-order valence-corrected chi connectivity index (χ3v) is 2.80. The van der Waals surface area contributed by atoms with Gasteiger partial charge < -0.3 is 4.74 Å². The quantitative estimate of drug-likeness (QED) is 0.471. The van der Waals surface area contributed by atoms with Gasteiger partial charge in [-0.2, -0.15) is 0 Å².